The summed E-state index contributed by atoms with van der Waals surface area (Å²) >= 11 is 0. The lowest BCUT2D eigenvalue weighted by molar-refractivity contribution is -0.154. The minimum Gasteiger partial charge on any atom is -0.489 e. The van der Waals surface area contributed by atoms with Crippen molar-refractivity contribution in [3.8, 4) is 5.75 Å². The second-order valence-corrected chi connectivity index (χ2v) is 5.04. The second kappa shape index (κ2) is 8.62. The van der Waals surface area contributed by atoms with Crippen LogP contribution >= 0.6 is 0 Å². The summed E-state index contributed by atoms with van der Waals surface area (Å²) in [6.45, 7) is 2.10. The number of carbonyl (C=O) groups excluding carboxylic acids is 3. The van der Waals surface area contributed by atoms with Crippen molar-refractivity contribution in [1.82, 2.24) is 0 Å². The number of hydrogen-bond donors (Lipinski definition) is 0. The normalized spacial score (nSPS) is 11.4. The van der Waals surface area contributed by atoms with Gasteiger partial charge in [-0.3, -0.25) is 4.79 Å². The first kappa shape index (κ1) is 17.4. The topological polar surface area (TPSA) is 69.7 Å². The molecular weight excluding hydrogens is 308 g/mol. The highest BCUT2D eigenvalue weighted by Crippen LogP contribution is 2.20. The number of rotatable bonds is 8. The van der Waals surface area contributed by atoms with Gasteiger partial charge < -0.3 is 14.3 Å². The van der Waals surface area contributed by atoms with Crippen molar-refractivity contribution in [3.63, 3.8) is 0 Å². The fourth-order valence-electron chi connectivity index (χ4n) is 2.13. The van der Waals surface area contributed by atoms with Gasteiger partial charge in [0.25, 0.3) is 5.78 Å². The molecular formula is C19H18O5. The molecule has 2 aromatic rings. The fraction of sp³-hybridized carbons (Fsp3) is 0.211. The first-order valence-electron chi connectivity index (χ1n) is 7.58. The van der Waals surface area contributed by atoms with Gasteiger partial charge in [0.05, 0.1) is 6.61 Å². The van der Waals surface area contributed by atoms with Gasteiger partial charge in [0.15, 0.2) is 0 Å². The van der Waals surface area contributed by atoms with Crippen LogP contribution in [-0.2, 0) is 25.7 Å². The predicted octanol–water partition coefficient (Wildman–Crippen LogP) is 2.68. The summed E-state index contributed by atoms with van der Waals surface area (Å²) in [6, 6.07) is 16.2. The van der Waals surface area contributed by atoms with Crippen molar-refractivity contribution in [1.29, 1.82) is 0 Å². The van der Waals surface area contributed by atoms with Gasteiger partial charge in [0.2, 0.25) is 0 Å². The number of carbonyl (C=O) groups is 3. The second-order valence-electron chi connectivity index (χ2n) is 5.04. The predicted molar refractivity (Wildman–Crippen MR) is 87.7 cm³/mol. The standard InChI is InChI=1S/C19H18O5/c1-2-23-19(22)18(21)17(12-20)15-8-10-16(11-9-15)24-13-14-6-4-3-5-7-14/h3-12,17H,2,13H2,1H3. The van der Waals surface area contributed by atoms with Crippen molar-refractivity contribution in [2.45, 2.75) is 19.4 Å². The van der Waals surface area contributed by atoms with E-state index in [2.05, 4.69) is 4.74 Å². The van der Waals surface area contributed by atoms with E-state index in [1.807, 2.05) is 30.3 Å². The Labute approximate surface area is 140 Å². The van der Waals surface area contributed by atoms with Gasteiger partial charge in [0.1, 0.15) is 24.6 Å². The van der Waals surface area contributed by atoms with Gasteiger partial charge in [-0.05, 0) is 30.2 Å². The Balaban J connectivity index is 2.03. The maximum atomic E-state index is 11.9. The van der Waals surface area contributed by atoms with Crippen LogP contribution in [0.3, 0.4) is 0 Å². The Morgan fingerprint density at radius 3 is 2.29 bits per heavy atom. The molecule has 0 saturated carbocycles. The highest BCUT2D eigenvalue weighted by atomic mass is 16.5. The summed E-state index contributed by atoms with van der Waals surface area (Å²) in [5.74, 6) is -2.42. The van der Waals surface area contributed by atoms with E-state index >= 15 is 0 Å². The van der Waals surface area contributed by atoms with E-state index in [1.165, 1.54) is 0 Å². The minimum atomic E-state index is -1.16. The Kier molecular flexibility index (Phi) is 6.25. The van der Waals surface area contributed by atoms with Crippen molar-refractivity contribution in [2.75, 3.05) is 6.61 Å². The quantitative estimate of drug-likeness (QED) is 0.323. The maximum Gasteiger partial charge on any atom is 0.375 e. The highest BCUT2D eigenvalue weighted by molar-refractivity contribution is 6.38. The van der Waals surface area contributed by atoms with E-state index in [0.717, 1.165) is 5.56 Å². The summed E-state index contributed by atoms with van der Waals surface area (Å²) < 4.78 is 10.3. The zero-order valence-electron chi connectivity index (χ0n) is 13.3. The molecule has 0 spiro atoms. The Bertz CT molecular complexity index is 691. The zero-order valence-corrected chi connectivity index (χ0v) is 13.3. The van der Waals surface area contributed by atoms with Crippen LogP contribution in [0.1, 0.15) is 24.0 Å². The van der Waals surface area contributed by atoms with Crippen LogP contribution in [0.5, 0.6) is 5.75 Å². The molecule has 2 rings (SSSR count). The molecule has 0 radical (unpaired) electrons. The first-order valence-corrected chi connectivity index (χ1v) is 7.58. The van der Waals surface area contributed by atoms with Crippen LogP contribution in [0.15, 0.2) is 54.6 Å². The molecule has 0 amide bonds. The van der Waals surface area contributed by atoms with Gasteiger partial charge in [-0.15, -0.1) is 0 Å². The van der Waals surface area contributed by atoms with E-state index in [1.54, 1.807) is 31.2 Å². The number of benzene rings is 2. The fourth-order valence-corrected chi connectivity index (χ4v) is 2.13. The molecule has 124 valence electrons. The van der Waals surface area contributed by atoms with Crippen LogP contribution in [0.4, 0.5) is 0 Å². The van der Waals surface area contributed by atoms with Gasteiger partial charge in [0, 0.05) is 0 Å². The minimum absolute atomic E-state index is 0.0857. The lowest BCUT2D eigenvalue weighted by Gasteiger charge is -2.11. The average molecular weight is 326 g/mol. The lowest BCUT2D eigenvalue weighted by Crippen LogP contribution is -2.25. The highest BCUT2D eigenvalue weighted by Gasteiger charge is 2.27. The number of hydrogen-bond acceptors (Lipinski definition) is 5. The van der Waals surface area contributed by atoms with Gasteiger partial charge in [-0.25, -0.2) is 4.79 Å². The Hall–Kier alpha value is -2.95. The van der Waals surface area contributed by atoms with Crippen LogP contribution in [0.2, 0.25) is 0 Å². The smallest absolute Gasteiger partial charge is 0.375 e. The molecule has 0 aliphatic rings. The molecule has 0 heterocycles. The van der Waals surface area contributed by atoms with E-state index < -0.39 is 17.7 Å². The third-order valence-corrected chi connectivity index (χ3v) is 3.38. The van der Waals surface area contributed by atoms with Gasteiger partial charge >= 0.3 is 5.97 Å². The molecule has 2 aromatic carbocycles. The number of aldehydes is 1. The molecule has 0 aromatic heterocycles. The van der Waals surface area contributed by atoms with E-state index in [0.29, 0.717) is 24.2 Å². The third-order valence-electron chi connectivity index (χ3n) is 3.38. The molecule has 0 bridgehead atoms. The third kappa shape index (κ3) is 4.52. The molecule has 0 aliphatic heterocycles. The van der Waals surface area contributed by atoms with Crippen molar-refractivity contribution in [3.05, 3.63) is 65.7 Å². The molecule has 24 heavy (non-hydrogen) atoms. The van der Waals surface area contributed by atoms with Crippen molar-refractivity contribution >= 4 is 18.0 Å². The SMILES string of the molecule is CCOC(=O)C(=O)C(C=O)c1ccc(OCc2ccccc2)cc1. The van der Waals surface area contributed by atoms with Crippen molar-refractivity contribution in [2.24, 2.45) is 0 Å². The molecule has 5 nitrogen and oxygen atoms in total. The monoisotopic (exact) mass is 326 g/mol. The van der Waals surface area contributed by atoms with Crippen LogP contribution < -0.4 is 4.74 Å². The molecule has 0 aliphatic carbocycles. The van der Waals surface area contributed by atoms with Crippen LogP contribution in [0, 0.1) is 0 Å². The Morgan fingerprint density at radius 1 is 1.04 bits per heavy atom. The van der Waals surface area contributed by atoms with E-state index in [-0.39, 0.29) is 6.61 Å². The molecule has 1 unspecified atom stereocenters. The summed E-state index contributed by atoms with van der Waals surface area (Å²) in [5, 5.41) is 0. The number of esters is 1. The summed E-state index contributed by atoms with van der Waals surface area (Å²) in [6.07, 6.45) is 0.444. The van der Waals surface area contributed by atoms with E-state index in [4.69, 9.17) is 4.74 Å². The average Bonchev–Trinajstić information content (AvgIpc) is 2.62. The lowest BCUT2D eigenvalue weighted by atomic mass is 9.96. The molecule has 0 fully saturated rings. The molecule has 1 atom stereocenters. The number of Topliss-reactive ketones (excluding diaryl/α,β-unsaturated/α-hetero) is 1. The van der Waals surface area contributed by atoms with Crippen molar-refractivity contribution < 1.29 is 23.9 Å². The maximum absolute atomic E-state index is 11.9. The Morgan fingerprint density at radius 2 is 1.71 bits per heavy atom. The van der Waals surface area contributed by atoms with Gasteiger partial charge in [-0.2, -0.15) is 0 Å². The largest absolute Gasteiger partial charge is 0.489 e. The molecule has 0 N–H and O–H groups in total. The summed E-state index contributed by atoms with van der Waals surface area (Å²) in [5.41, 5.74) is 1.46. The van der Waals surface area contributed by atoms with E-state index in [9.17, 15) is 14.4 Å². The van der Waals surface area contributed by atoms with Crippen LogP contribution in [-0.4, -0.2) is 24.6 Å². The first-order chi connectivity index (χ1) is 11.7. The van der Waals surface area contributed by atoms with Crippen LogP contribution in [0.25, 0.3) is 0 Å². The number of ether oxygens (including phenoxy) is 2. The summed E-state index contributed by atoms with van der Waals surface area (Å²) in [7, 11) is 0. The molecule has 0 saturated heterocycles. The molecule has 5 heteroatoms. The summed E-state index contributed by atoms with van der Waals surface area (Å²) in [4.78, 5) is 34.6. The number of ketones is 1. The van der Waals surface area contributed by atoms with Gasteiger partial charge in [-0.1, -0.05) is 42.5 Å². The zero-order chi connectivity index (χ0) is 17.4.